The Morgan fingerprint density at radius 1 is 1.30 bits per heavy atom. The molecule has 54 valence electrons. The topological polar surface area (TPSA) is 0 Å². The molecule has 0 aliphatic rings. The Labute approximate surface area is 65.0 Å². The predicted molar refractivity (Wildman–Crippen MR) is 49.4 cm³/mol. The van der Waals surface area contributed by atoms with Gasteiger partial charge in [-0.2, -0.15) is 0 Å². The first-order chi connectivity index (χ1) is 4.52. The van der Waals surface area contributed by atoms with Crippen LogP contribution in [0.3, 0.4) is 0 Å². The summed E-state index contributed by atoms with van der Waals surface area (Å²) < 4.78 is 0. The standard InChI is InChI=1S/C9H14Si/c1-6-8-9(7-2)10(3,4)5/h2,9H,1,3-5H3. The summed E-state index contributed by atoms with van der Waals surface area (Å²) in [5.41, 5.74) is 0.220. The second-order valence-electron chi connectivity index (χ2n) is 3.36. The van der Waals surface area contributed by atoms with Gasteiger partial charge in [-0.15, -0.1) is 12.3 Å². The van der Waals surface area contributed by atoms with Gasteiger partial charge in [0.15, 0.2) is 0 Å². The van der Waals surface area contributed by atoms with E-state index in [0.29, 0.717) is 0 Å². The molecular weight excluding hydrogens is 136 g/mol. The molecule has 0 aromatic heterocycles. The first-order valence-electron chi connectivity index (χ1n) is 3.40. The van der Waals surface area contributed by atoms with Crippen molar-refractivity contribution in [3.8, 4) is 24.2 Å². The third-order valence-corrected chi connectivity index (χ3v) is 3.36. The van der Waals surface area contributed by atoms with Crippen LogP contribution < -0.4 is 0 Å². The predicted octanol–water partition coefficient (Wildman–Crippen LogP) is 2.35. The van der Waals surface area contributed by atoms with Crippen LogP contribution in [0.5, 0.6) is 0 Å². The molecule has 0 rings (SSSR count). The van der Waals surface area contributed by atoms with Gasteiger partial charge in [-0.1, -0.05) is 31.5 Å². The van der Waals surface area contributed by atoms with E-state index in [1.807, 2.05) is 6.92 Å². The minimum Gasteiger partial charge on any atom is -0.119 e. The van der Waals surface area contributed by atoms with Gasteiger partial charge in [-0.05, 0) is 6.92 Å². The molecule has 0 aliphatic carbocycles. The number of rotatable bonds is 1. The summed E-state index contributed by atoms with van der Waals surface area (Å²) in [6.45, 7) is 8.55. The second-order valence-corrected chi connectivity index (χ2v) is 8.67. The quantitative estimate of drug-likeness (QED) is 0.397. The largest absolute Gasteiger partial charge is 0.119 e. The van der Waals surface area contributed by atoms with Crippen molar-refractivity contribution >= 4 is 8.07 Å². The van der Waals surface area contributed by atoms with E-state index >= 15 is 0 Å². The van der Waals surface area contributed by atoms with Crippen LogP contribution >= 0.6 is 0 Å². The zero-order valence-electron chi connectivity index (χ0n) is 7.15. The van der Waals surface area contributed by atoms with Crippen molar-refractivity contribution in [2.24, 2.45) is 0 Å². The molecule has 0 aliphatic heterocycles. The summed E-state index contributed by atoms with van der Waals surface area (Å²) in [7, 11) is -1.22. The van der Waals surface area contributed by atoms with E-state index in [0.717, 1.165) is 0 Å². The molecule has 0 N–H and O–H groups in total. The van der Waals surface area contributed by atoms with Gasteiger partial charge >= 0.3 is 0 Å². The minimum absolute atomic E-state index is 0.220. The molecule has 0 heterocycles. The van der Waals surface area contributed by atoms with Gasteiger partial charge in [0.1, 0.15) is 0 Å². The van der Waals surface area contributed by atoms with E-state index in [1.54, 1.807) is 0 Å². The van der Waals surface area contributed by atoms with Crippen molar-refractivity contribution < 1.29 is 0 Å². The first kappa shape index (κ1) is 9.34. The van der Waals surface area contributed by atoms with Crippen LogP contribution in [0.2, 0.25) is 25.2 Å². The van der Waals surface area contributed by atoms with Gasteiger partial charge in [-0.3, -0.25) is 0 Å². The Bertz CT molecular complexity index is 191. The molecule has 0 nitrogen and oxygen atoms in total. The molecule has 0 bridgehead atoms. The lowest BCUT2D eigenvalue weighted by Gasteiger charge is -2.18. The molecule has 0 aromatic carbocycles. The van der Waals surface area contributed by atoms with Crippen molar-refractivity contribution in [2.45, 2.75) is 32.1 Å². The highest BCUT2D eigenvalue weighted by Gasteiger charge is 2.22. The SMILES string of the molecule is C#CC(C#CC)[Si](C)(C)C. The fraction of sp³-hybridized carbons (Fsp3) is 0.556. The van der Waals surface area contributed by atoms with E-state index in [1.165, 1.54) is 0 Å². The summed E-state index contributed by atoms with van der Waals surface area (Å²) in [4.78, 5) is 0. The molecule has 0 aromatic rings. The van der Waals surface area contributed by atoms with Gasteiger partial charge in [0.05, 0.1) is 13.6 Å². The Morgan fingerprint density at radius 3 is 1.90 bits per heavy atom. The molecule has 0 saturated carbocycles. The molecule has 1 heteroatoms. The van der Waals surface area contributed by atoms with Gasteiger partial charge < -0.3 is 0 Å². The summed E-state index contributed by atoms with van der Waals surface area (Å²) >= 11 is 0. The molecule has 0 spiro atoms. The first-order valence-corrected chi connectivity index (χ1v) is 6.98. The normalized spacial score (nSPS) is 12.7. The van der Waals surface area contributed by atoms with Crippen LogP contribution in [-0.4, -0.2) is 8.07 Å². The zero-order chi connectivity index (χ0) is 8.20. The average molecular weight is 150 g/mol. The highest BCUT2D eigenvalue weighted by molar-refractivity contribution is 6.79. The minimum atomic E-state index is -1.22. The monoisotopic (exact) mass is 150 g/mol. The van der Waals surface area contributed by atoms with Crippen LogP contribution in [0.15, 0.2) is 0 Å². The van der Waals surface area contributed by atoms with E-state index in [2.05, 4.69) is 37.4 Å². The molecule has 1 atom stereocenters. The van der Waals surface area contributed by atoms with Crippen molar-refractivity contribution in [3.63, 3.8) is 0 Å². The van der Waals surface area contributed by atoms with Gasteiger partial charge in [-0.25, -0.2) is 0 Å². The number of hydrogen-bond donors (Lipinski definition) is 0. The Balaban J connectivity index is 4.36. The smallest absolute Gasteiger partial charge is 0.0764 e. The van der Waals surface area contributed by atoms with Crippen LogP contribution in [0.25, 0.3) is 0 Å². The second kappa shape index (κ2) is 3.49. The zero-order valence-corrected chi connectivity index (χ0v) is 8.15. The van der Waals surface area contributed by atoms with Crippen molar-refractivity contribution in [1.82, 2.24) is 0 Å². The maximum atomic E-state index is 5.33. The molecule has 1 unspecified atom stereocenters. The highest BCUT2D eigenvalue weighted by atomic mass is 28.3. The van der Waals surface area contributed by atoms with E-state index in [4.69, 9.17) is 6.42 Å². The maximum Gasteiger partial charge on any atom is 0.0764 e. The van der Waals surface area contributed by atoms with Crippen molar-refractivity contribution in [1.29, 1.82) is 0 Å². The fourth-order valence-electron chi connectivity index (χ4n) is 0.653. The van der Waals surface area contributed by atoms with Crippen LogP contribution in [-0.2, 0) is 0 Å². The third kappa shape index (κ3) is 2.76. The Kier molecular flexibility index (Phi) is 3.26. The molecule has 0 amide bonds. The molecular formula is C9H14Si. The summed E-state index contributed by atoms with van der Waals surface area (Å²) in [6.07, 6.45) is 5.33. The summed E-state index contributed by atoms with van der Waals surface area (Å²) in [5, 5.41) is 0. The lowest BCUT2D eigenvalue weighted by atomic mass is 10.4. The van der Waals surface area contributed by atoms with Crippen LogP contribution in [0.4, 0.5) is 0 Å². The van der Waals surface area contributed by atoms with Gasteiger partial charge in [0.2, 0.25) is 0 Å². The maximum absolute atomic E-state index is 5.33. The average Bonchev–Trinajstić information content (AvgIpc) is 1.80. The van der Waals surface area contributed by atoms with Gasteiger partial charge in [0.25, 0.3) is 0 Å². The number of hydrogen-bond acceptors (Lipinski definition) is 0. The van der Waals surface area contributed by atoms with Crippen LogP contribution in [0.1, 0.15) is 6.92 Å². The summed E-state index contributed by atoms with van der Waals surface area (Å²) in [6, 6.07) is 0. The number of terminal acetylenes is 1. The van der Waals surface area contributed by atoms with E-state index in [-0.39, 0.29) is 5.54 Å². The van der Waals surface area contributed by atoms with Crippen molar-refractivity contribution in [2.75, 3.05) is 0 Å². The molecule has 10 heavy (non-hydrogen) atoms. The molecule has 0 fully saturated rings. The van der Waals surface area contributed by atoms with Crippen molar-refractivity contribution in [3.05, 3.63) is 0 Å². The van der Waals surface area contributed by atoms with E-state index < -0.39 is 8.07 Å². The lowest BCUT2D eigenvalue weighted by molar-refractivity contribution is 1.37. The fourth-order valence-corrected chi connectivity index (χ4v) is 1.73. The molecule has 0 saturated heterocycles. The van der Waals surface area contributed by atoms with Gasteiger partial charge in [0, 0.05) is 0 Å². The molecule has 0 radical (unpaired) electrons. The summed E-state index contributed by atoms with van der Waals surface area (Å²) in [5.74, 6) is 8.65. The third-order valence-electron chi connectivity index (χ3n) is 1.32. The Morgan fingerprint density at radius 2 is 1.80 bits per heavy atom. The van der Waals surface area contributed by atoms with Crippen LogP contribution in [0, 0.1) is 24.2 Å². The Hall–Kier alpha value is -0.663. The highest BCUT2D eigenvalue weighted by Crippen LogP contribution is 2.18. The van der Waals surface area contributed by atoms with E-state index in [9.17, 15) is 0 Å². The lowest BCUT2D eigenvalue weighted by Crippen LogP contribution is -2.25.